The Morgan fingerprint density at radius 2 is 1.67 bits per heavy atom. The smallest absolute Gasteiger partial charge is 0.319 e. The summed E-state index contributed by atoms with van der Waals surface area (Å²) in [4.78, 5) is 20.7. The number of halogens is 2. The van der Waals surface area contributed by atoms with E-state index in [0.29, 0.717) is 25.2 Å². The average molecular weight is 632 g/mol. The number of amides is 2. The predicted molar refractivity (Wildman–Crippen MR) is 172 cm³/mol. The van der Waals surface area contributed by atoms with Crippen LogP contribution < -0.4 is 25.2 Å². The van der Waals surface area contributed by atoms with Gasteiger partial charge in [0, 0.05) is 66.8 Å². The minimum atomic E-state index is -1.01. The number of nitrogens with zero attached hydrogens (tertiary/aromatic N) is 5. The predicted octanol–water partition coefficient (Wildman–Crippen LogP) is 5.42. The summed E-state index contributed by atoms with van der Waals surface area (Å²) in [6, 6.07) is 19.5. The summed E-state index contributed by atoms with van der Waals surface area (Å²) in [5.74, 6) is -0.521. The van der Waals surface area contributed by atoms with E-state index in [4.69, 9.17) is 9.47 Å². The van der Waals surface area contributed by atoms with Crippen molar-refractivity contribution in [2.24, 2.45) is 5.92 Å². The number of carbonyl (C=O) groups is 1. The molecular weight excluding hydrogens is 592 g/mol. The van der Waals surface area contributed by atoms with Gasteiger partial charge in [0.25, 0.3) is 0 Å². The summed E-state index contributed by atoms with van der Waals surface area (Å²) in [6.45, 7) is 8.40. The molecule has 2 atom stereocenters. The monoisotopic (exact) mass is 631 g/mol. The normalized spacial score (nSPS) is 19.8. The summed E-state index contributed by atoms with van der Waals surface area (Å²) in [7, 11) is 0. The third-order valence-electron chi connectivity index (χ3n) is 8.40. The summed E-state index contributed by atoms with van der Waals surface area (Å²) < 4.78 is 42.6. The van der Waals surface area contributed by atoms with Crippen LogP contribution in [-0.2, 0) is 16.9 Å². The van der Waals surface area contributed by atoms with Crippen LogP contribution >= 0.6 is 0 Å². The minimum absolute atomic E-state index is 0.00256. The van der Waals surface area contributed by atoms with Crippen molar-refractivity contribution in [2.75, 3.05) is 54.5 Å². The molecule has 242 valence electrons. The molecule has 0 radical (unpaired) electrons. The fraction of sp³-hybridized carbons (Fsp3) is 0.382. The van der Waals surface area contributed by atoms with Crippen molar-refractivity contribution in [1.29, 1.82) is 0 Å². The number of urea groups is 1. The van der Waals surface area contributed by atoms with Gasteiger partial charge in [-0.25, -0.2) is 23.2 Å². The third kappa shape index (κ3) is 7.39. The molecule has 0 aliphatic carbocycles. The molecule has 0 unspecified atom stereocenters. The summed E-state index contributed by atoms with van der Waals surface area (Å²) in [5.41, 5.74) is 2.31. The molecule has 2 N–H and O–H groups in total. The van der Waals surface area contributed by atoms with Crippen molar-refractivity contribution in [1.82, 2.24) is 20.1 Å². The number of piperazine rings is 1. The number of hydrogen-bond acceptors (Lipinski definition) is 7. The Morgan fingerprint density at radius 1 is 1.00 bits per heavy atom. The minimum Gasteiger partial charge on any atom is -0.493 e. The van der Waals surface area contributed by atoms with Crippen molar-refractivity contribution in [2.45, 2.75) is 38.5 Å². The molecule has 3 heterocycles. The Bertz CT molecular complexity index is 1590. The highest BCUT2D eigenvalue weighted by molar-refractivity contribution is 5.89. The highest BCUT2D eigenvalue weighted by atomic mass is 19.1. The standard InChI is InChI=1S/C34H39F2N7O3/c1-24(2)39-33(44)40-27-4-6-28(7-5-27)41-13-15-42(16-14-41)29-8-10-30(11-9-29)45-19-25-18-34(46-20-25,21-43-23-37-22-38-43)31-12-3-26(35)17-32(31)36/h3-12,17,22-25H,13-16,18-21H2,1-2H3,(H2,39,40,44)/t25-,34+/m1/s1. The van der Waals surface area contributed by atoms with Crippen LogP contribution in [0.4, 0.5) is 30.6 Å². The number of carbonyl (C=O) groups excluding carboxylic acids is 1. The van der Waals surface area contributed by atoms with Crippen LogP contribution in [0.5, 0.6) is 5.75 Å². The molecule has 10 nitrogen and oxygen atoms in total. The fourth-order valence-corrected chi connectivity index (χ4v) is 6.16. The number of aromatic nitrogens is 3. The van der Waals surface area contributed by atoms with Crippen LogP contribution in [0.15, 0.2) is 79.4 Å². The number of nitrogens with one attached hydrogen (secondary N) is 2. The maximum absolute atomic E-state index is 14.9. The largest absolute Gasteiger partial charge is 0.493 e. The number of rotatable bonds is 10. The average Bonchev–Trinajstić information content (AvgIpc) is 3.71. The third-order valence-corrected chi connectivity index (χ3v) is 8.40. The van der Waals surface area contributed by atoms with Gasteiger partial charge in [0.2, 0.25) is 0 Å². The lowest BCUT2D eigenvalue weighted by atomic mass is 9.87. The quantitative estimate of drug-likeness (QED) is 0.241. The van der Waals surface area contributed by atoms with E-state index in [9.17, 15) is 13.6 Å². The first-order chi connectivity index (χ1) is 22.3. The van der Waals surface area contributed by atoms with E-state index in [-0.39, 0.29) is 24.5 Å². The first kappa shape index (κ1) is 31.3. The zero-order chi connectivity index (χ0) is 32.1. The van der Waals surface area contributed by atoms with Crippen molar-refractivity contribution in [3.8, 4) is 5.75 Å². The van der Waals surface area contributed by atoms with E-state index < -0.39 is 17.2 Å². The van der Waals surface area contributed by atoms with Crippen molar-refractivity contribution in [3.05, 3.63) is 96.6 Å². The van der Waals surface area contributed by atoms with Crippen LogP contribution in [0.1, 0.15) is 25.8 Å². The SMILES string of the molecule is CC(C)NC(=O)Nc1ccc(N2CCN(c3ccc(OC[C@@H]4CO[C@@](Cn5cncn5)(c5ccc(F)cc5F)C4)cc3)CC2)cc1. The van der Waals surface area contributed by atoms with Crippen LogP contribution in [0, 0.1) is 17.6 Å². The lowest BCUT2D eigenvalue weighted by molar-refractivity contribution is -0.0206. The molecule has 1 aromatic heterocycles. The second kappa shape index (κ2) is 13.7. The maximum atomic E-state index is 14.9. The molecule has 0 saturated carbocycles. The van der Waals surface area contributed by atoms with Crippen LogP contribution in [0.2, 0.25) is 0 Å². The molecule has 2 aliphatic rings. The molecule has 46 heavy (non-hydrogen) atoms. The highest BCUT2D eigenvalue weighted by Gasteiger charge is 2.44. The fourth-order valence-electron chi connectivity index (χ4n) is 6.16. The zero-order valence-corrected chi connectivity index (χ0v) is 26.0. The summed E-state index contributed by atoms with van der Waals surface area (Å²) >= 11 is 0. The Labute approximate surface area is 267 Å². The molecule has 3 aromatic carbocycles. The number of benzene rings is 3. The molecule has 2 amide bonds. The first-order valence-electron chi connectivity index (χ1n) is 15.6. The van der Waals surface area contributed by atoms with Gasteiger partial charge in [-0.15, -0.1) is 0 Å². The Hall–Kier alpha value is -4.71. The van der Waals surface area contributed by atoms with Gasteiger partial charge >= 0.3 is 6.03 Å². The van der Waals surface area contributed by atoms with Crippen molar-refractivity contribution < 1.29 is 23.0 Å². The highest BCUT2D eigenvalue weighted by Crippen LogP contribution is 2.42. The molecular formula is C34H39F2N7O3. The van der Waals surface area contributed by atoms with Crippen molar-refractivity contribution in [3.63, 3.8) is 0 Å². The van der Waals surface area contributed by atoms with E-state index >= 15 is 0 Å². The topological polar surface area (TPSA) is 96.8 Å². The van der Waals surface area contributed by atoms with Crippen LogP contribution in [0.25, 0.3) is 0 Å². The molecule has 2 fully saturated rings. The molecule has 4 aromatic rings. The Balaban J connectivity index is 1.00. The molecule has 6 rings (SSSR count). The van der Waals surface area contributed by atoms with Crippen LogP contribution in [0.3, 0.4) is 0 Å². The van der Waals surface area contributed by atoms with Crippen molar-refractivity contribution >= 4 is 23.1 Å². The second-order valence-electron chi connectivity index (χ2n) is 12.2. The lowest BCUT2D eigenvalue weighted by Gasteiger charge is -2.37. The zero-order valence-electron chi connectivity index (χ0n) is 26.0. The Morgan fingerprint density at radius 3 is 2.28 bits per heavy atom. The Kier molecular flexibility index (Phi) is 9.34. The molecule has 2 saturated heterocycles. The summed E-state index contributed by atoms with van der Waals surface area (Å²) in [5, 5.41) is 9.86. The van der Waals surface area contributed by atoms with E-state index in [2.05, 4.69) is 42.6 Å². The summed E-state index contributed by atoms with van der Waals surface area (Å²) in [6.07, 6.45) is 3.47. The van der Waals surface area contributed by atoms with Gasteiger partial charge in [-0.3, -0.25) is 0 Å². The van der Waals surface area contributed by atoms with E-state index in [1.54, 1.807) is 11.0 Å². The van der Waals surface area contributed by atoms with E-state index in [1.165, 1.54) is 18.5 Å². The van der Waals surface area contributed by atoms with Gasteiger partial charge in [-0.1, -0.05) is 6.07 Å². The molecule has 12 heteroatoms. The number of anilines is 3. The van der Waals surface area contributed by atoms with Gasteiger partial charge in [0.05, 0.1) is 19.8 Å². The molecule has 2 aliphatic heterocycles. The molecule has 0 bridgehead atoms. The maximum Gasteiger partial charge on any atom is 0.319 e. The number of ether oxygens (including phenoxy) is 2. The lowest BCUT2D eigenvalue weighted by Crippen LogP contribution is -2.46. The van der Waals surface area contributed by atoms with E-state index in [0.717, 1.165) is 55.1 Å². The van der Waals surface area contributed by atoms with Gasteiger partial charge < -0.3 is 29.9 Å². The van der Waals surface area contributed by atoms with E-state index in [1.807, 2.05) is 50.2 Å². The van der Waals surface area contributed by atoms with Gasteiger partial charge in [-0.2, -0.15) is 5.10 Å². The molecule has 0 spiro atoms. The van der Waals surface area contributed by atoms with Gasteiger partial charge in [-0.05, 0) is 74.9 Å². The second-order valence-corrected chi connectivity index (χ2v) is 12.2. The van der Waals surface area contributed by atoms with Gasteiger partial charge in [0.1, 0.15) is 35.6 Å². The van der Waals surface area contributed by atoms with Crippen LogP contribution in [-0.4, -0.2) is 66.2 Å². The number of hydrogen-bond donors (Lipinski definition) is 2. The van der Waals surface area contributed by atoms with Gasteiger partial charge in [0.15, 0.2) is 0 Å². The first-order valence-corrected chi connectivity index (χ1v) is 15.6.